The fourth-order valence-corrected chi connectivity index (χ4v) is 3.31. The number of ether oxygens (including phenoxy) is 1. The van der Waals surface area contributed by atoms with E-state index in [2.05, 4.69) is 0 Å². The molecule has 0 saturated carbocycles. The summed E-state index contributed by atoms with van der Waals surface area (Å²) in [5.74, 6) is -0.0677. The Bertz CT molecular complexity index is 989. The van der Waals surface area contributed by atoms with Crippen molar-refractivity contribution in [2.24, 2.45) is 0 Å². The summed E-state index contributed by atoms with van der Waals surface area (Å²) in [6.07, 6.45) is -5.20. The number of halogens is 4. The molecule has 1 unspecified atom stereocenters. The average Bonchev–Trinajstić information content (AvgIpc) is 2.72. The molecule has 0 amide bonds. The Hall–Kier alpha value is -2.90. The van der Waals surface area contributed by atoms with Crippen LogP contribution < -0.4 is 4.74 Å². The van der Waals surface area contributed by atoms with Crippen LogP contribution in [-0.2, 0) is 12.7 Å². The first kappa shape index (κ1) is 22.8. The number of hydrogen-bond acceptors (Lipinski definition) is 3. The maximum Gasteiger partial charge on any atom is 0.417 e. The van der Waals surface area contributed by atoms with Crippen LogP contribution in [0.3, 0.4) is 0 Å². The molecule has 1 atom stereocenters. The van der Waals surface area contributed by atoms with Gasteiger partial charge in [0, 0.05) is 19.2 Å². The molecule has 0 fully saturated rings. The van der Waals surface area contributed by atoms with E-state index >= 15 is 0 Å². The molecule has 3 nitrogen and oxygen atoms in total. The second kappa shape index (κ2) is 9.94. The van der Waals surface area contributed by atoms with Crippen LogP contribution >= 0.6 is 0 Å². The number of benzene rings is 3. The zero-order chi connectivity index (χ0) is 22.4. The van der Waals surface area contributed by atoms with E-state index in [4.69, 9.17) is 4.74 Å². The predicted molar refractivity (Wildman–Crippen MR) is 111 cm³/mol. The SMILES string of the molecule is CN(Cc1ccc(-c2ccccc2C(F)(F)F)cc1)CC(O)COc1cccc(F)c1. The van der Waals surface area contributed by atoms with Crippen LogP contribution in [0.15, 0.2) is 72.8 Å². The van der Waals surface area contributed by atoms with Crippen LogP contribution in [0.4, 0.5) is 17.6 Å². The quantitative estimate of drug-likeness (QED) is 0.484. The van der Waals surface area contributed by atoms with E-state index in [-0.39, 0.29) is 12.2 Å². The lowest BCUT2D eigenvalue weighted by atomic mass is 9.98. The van der Waals surface area contributed by atoms with Crippen molar-refractivity contribution < 1.29 is 27.4 Å². The Morgan fingerprint density at radius 1 is 0.968 bits per heavy atom. The molecule has 0 heterocycles. The fourth-order valence-electron chi connectivity index (χ4n) is 3.31. The predicted octanol–water partition coefficient (Wildman–Crippen LogP) is 5.38. The van der Waals surface area contributed by atoms with Crippen LogP contribution in [0.1, 0.15) is 11.1 Å². The van der Waals surface area contributed by atoms with Gasteiger partial charge < -0.3 is 9.84 Å². The summed E-state index contributed by atoms with van der Waals surface area (Å²) in [6.45, 7) is 0.827. The van der Waals surface area contributed by atoms with E-state index in [1.54, 1.807) is 36.4 Å². The Kier molecular flexibility index (Phi) is 7.30. The van der Waals surface area contributed by atoms with Gasteiger partial charge in [-0.25, -0.2) is 4.39 Å². The molecule has 3 aromatic carbocycles. The van der Waals surface area contributed by atoms with Crippen molar-refractivity contribution in [1.82, 2.24) is 4.90 Å². The van der Waals surface area contributed by atoms with Crippen LogP contribution in [0.2, 0.25) is 0 Å². The molecule has 3 aromatic rings. The van der Waals surface area contributed by atoms with Crippen molar-refractivity contribution in [3.8, 4) is 16.9 Å². The lowest BCUT2D eigenvalue weighted by Gasteiger charge is -2.21. The lowest BCUT2D eigenvalue weighted by Crippen LogP contribution is -2.32. The molecule has 0 radical (unpaired) electrons. The molecule has 1 N–H and O–H groups in total. The van der Waals surface area contributed by atoms with E-state index in [9.17, 15) is 22.7 Å². The van der Waals surface area contributed by atoms with Gasteiger partial charge in [-0.3, -0.25) is 4.90 Å². The number of aliphatic hydroxyl groups excluding tert-OH is 1. The summed E-state index contributed by atoms with van der Waals surface area (Å²) in [4.78, 5) is 1.87. The van der Waals surface area contributed by atoms with E-state index < -0.39 is 23.7 Å². The first-order valence-corrected chi connectivity index (χ1v) is 9.73. The number of likely N-dealkylation sites (N-methyl/N-ethyl adjacent to an activating group) is 1. The minimum atomic E-state index is -4.42. The molecule has 7 heteroatoms. The molecule has 0 aliphatic rings. The van der Waals surface area contributed by atoms with Gasteiger partial charge in [0.1, 0.15) is 24.3 Å². The molecular formula is C24H23F4NO2. The number of rotatable bonds is 8. The van der Waals surface area contributed by atoms with Crippen LogP contribution in [0.25, 0.3) is 11.1 Å². The third kappa shape index (κ3) is 6.54. The Balaban J connectivity index is 1.56. The van der Waals surface area contributed by atoms with Crippen LogP contribution in [0.5, 0.6) is 5.75 Å². The van der Waals surface area contributed by atoms with Crippen molar-refractivity contribution >= 4 is 0 Å². The molecule has 164 valence electrons. The number of alkyl halides is 3. The van der Waals surface area contributed by atoms with Crippen molar-refractivity contribution in [2.75, 3.05) is 20.2 Å². The zero-order valence-electron chi connectivity index (χ0n) is 16.9. The highest BCUT2D eigenvalue weighted by atomic mass is 19.4. The van der Waals surface area contributed by atoms with Gasteiger partial charge in [-0.1, -0.05) is 48.5 Å². The maximum absolute atomic E-state index is 13.2. The van der Waals surface area contributed by atoms with Crippen molar-refractivity contribution in [3.05, 3.63) is 89.7 Å². The average molecular weight is 433 g/mol. The lowest BCUT2D eigenvalue weighted by molar-refractivity contribution is -0.137. The smallest absolute Gasteiger partial charge is 0.417 e. The molecule has 0 saturated heterocycles. The van der Waals surface area contributed by atoms with Gasteiger partial charge in [0.25, 0.3) is 0 Å². The number of aliphatic hydroxyl groups is 1. The van der Waals surface area contributed by atoms with Gasteiger partial charge >= 0.3 is 6.18 Å². The van der Waals surface area contributed by atoms with E-state index in [0.29, 0.717) is 24.4 Å². The molecule has 3 rings (SSSR count). The second-order valence-corrected chi connectivity index (χ2v) is 7.36. The summed E-state index contributed by atoms with van der Waals surface area (Å²) in [5.41, 5.74) is 0.859. The third-order valence-electron chi connectivity index (χ3n) is 4.71. The third-order valence-corrected chi connectivity index (χ3v) is 4.71. The molecule has 0 spiro atoms. The van der Waals surface area contributed by atoms with Crippen LogP contribution in [0, 0.1) is 5.82 Å². The second-order valence-electron chi connectivity index (χ2n) is 7.36. The largest absolute Gasteiger partial charge is 0.491 e. The van der Waals surface area contributed by atoms with Gasteiger partial charge in [-0.15, -0.1) is 0 Å². The highest BCUT2D eigenvalue weighted by Gasteiger charge is 2.33. The Morgan fingerprint density at radius 2 is 1.68 bits per heavy atom. The molecule has 31 heavy (non-hydrogen) atoms. The van der Waals surface area contributed by atoms with Gasteiger partial charge in [0.15, 0.2) is 0 Å². The first-order valence-electron chi connectivity index (χ1n) is 9.73. The van der Waals surface area contributed by atoms with Crippen molar-refractivity contribution in [2.45, 2.75) is 18.8 Å². The highest BCUT2D eigenvalue weighted by molar-refractivity contribution is 5.68. The number of hydrogen-bond donors (Lipinski definition) is 1. The van der Waals surface area contributed by atoms with Gasteiger partial charge in [-0.2, -0.15) is 13.2 Å². The fraction of sp³-hybridized carbons (Fsp3) is 0.250. The van der Waals surface area contributed by atoms with E-state index in [0.717, 1.165) is 11.6 Å². The Morgan fingerprint density at radius 3 is 2.35 bits per heavy atom. The first-order chi connectivity index (χ1) is 14.7. The summed E-state index contributed by atoms with van der Waals surface area (Å²) < 4.78 is 58.3. The summed E-state index contributed by atoms with van der Waals surface area (Å²) in [7, 11) is 1.82. The summed E-state index contributed by atoms with van der Waals surface area (Å²) in [6, 6.07) is 18.1. The molecule has 0 aliphatic heterocycles. The normalized spacial score (nSPS) is 12.7. The summed E-state index contributed by atoms with van der Waals surface area (Å²) >= 11 is 0. The van der Waals surface area contributed by atoms with E-state index in [1.165, 1.54) is 30.3 Å². The van der Waals surface area contributed by atoms with Gasteiger partial charge in [0.2, 0.25) is 0 Å². The molecule has 0 bridgehead atoms. The maximum atomic E-state index is 13.2. The molecule has 0 aromatic heterocycles. The minimum Gasteiger partial charge on any atom is -0.491 e. The highest BCUT2D eigenvalue weighted by Crippen LogP contribution is 2.36. The summed E-state index contributed by atoms with van der Waals surface area (Å²) in [5, 5.41) is 10.2. The van der Waals surface area contributed by atoms with Crippen molar-refractivity contribution in [1.29, 1.82) is 0 Å². The van der Waals surface area contributed by atoms with Gasteiger partial charge in [-0.05, 0) is 41.9 Å². The zero-order valence-corrected chi connectivity index (χ0v) is 16.9. The van der Waals surface area contributed by atoms with Crippen LogP contribution in [-0.4, -0.2) is 36.3 Å². The van der Waals surface area contributed by atoms with Gasteiger partial charge in [0.05, 0.1) is 5.56 Å². The molecule has 0 aliphatic carbocycles. The standard InChI is InChI=1S/C24H23F4NO2/c1-29(15-20(30)16-31-21-6-4-5-19(25)13-21)14-17-9-11-18(12-10-17)22-7-2-3-8-23(22)24(26,27)28/h2-13,20,30H,14-16H2,1H3. The van der Waals surface area contributed by atoms with Crippen molar-refractivity contribution in [3.63, 3.8) is 0 Å². The molecular weight excluding hydrogens is 410 g/mol. The Labute approximate surface area is 178 Å². The topological polar surface area (TPSA) is 32.7 Å². The monoisotopic (exact) mass is 433 g/mol. The number of nitrogens with zero attached hydrogens (tertiary/aromatic N) is 1. The van der Waals surface area contributed by atoms with E-state index in [1.807, 2.05) is 11.9 Å². The minimum absolute atomic E-state index is 0.0148.